The van der Waals surface area contributed by atoms with E-state index in [1.54, 1.807) is 6.20 Å². The number of benzene rings is 1. The Morgan fingerprint density at radius 2 is 2.10 bits per heavy atom. The summed E-state index contributed by atoms with van der Waals surface area (Å²) in [7, 11) is 1.85. The summed E-state index contributed by atoms with van der Waals surface area (Å²) in [6.45, 7) is 1.98. The third-order valence-electron chi connectivity index (χ3n) is 3.89. The van der Waals surface area contributed by atoms with Gasteiger partial charge in [0.2, 0.25) is 0 Å². The summed E-state index contributed by atoms with van der Waals surface area (Å²) in [5.41, 5.74) is 0. The average Bonchev–Trinajstić information content (AvgIpc) is 2.47. The van der Waals surface area contributed by atoms with Crippen LogP contribution in [0.2, 0.25) is 0 Å². The topological polar surface area (TPSA) is 56.7 Å². The molecule has 104 valence electrons. The van der Waals surface area contributed by atoms with Crippen LogP contribution in [0.4, 0.5) is 5.82 Å². The van der Waals surface area contributed by atoms with E-state index in [2.05, 4.69) is 9.88 Å². The lowest BCUT2D eigenvalue weighted by Crippen LogP contribution is -2.55. The lowest BCUT2D eigenvalue weighted by molar-refractivity contribution is -0.142. The second kappa shape index (κ2) is 5.09. The highest BCUT2D eigenvalue weighted by Gasteiger charge is 2.30. The summed E-state index contributed by atoms with van der Waals surface area (Å²) in [5.74, 6) is 0.0971. The van der Waals surface area contributed by atoms with Crippen LogP contribution in [0.3, 0.4) is 0 Å². The molecule has 0 aliphatic carbocycles. The SMILES string of the molecule is CN1CCN(c2nccc3ccccc23)C[C@H]1C(=O)O. The molecule has 0 bridgehead atoms. The molecule has 0 spiro atoms. The molecule has 1 aromatic carbocycles. The number of nitrogens with zero attached hydrogens (tertiary/aromatic N) is 3. The summed E-state index contributed by atoms with van der Waals surface area (Å²) in [6, 6.07) is 9.55. The number of carbonyl (C=O) groups is 1. The second-order valence-electron chi connectivity index (χ2n) is 5.14. The highest BCUT2D eigenvalue weighted by atomic mass is 16.4. The Morgan fingerprint density at radius 3 is 2.90 bits per heavy atom. The van der Waals surface area contributed by atoms with Crippen molar-refractivity contribution in [1.29, 1.82) is 0 Å². The van der Waals surface area contributed by atoms with Crippen molar-refractivity contribution >= 4 is 22.6 Å². The van der Waals surface area contributed by atoms with E-state index >= 15 is 0 Å². The molecule has 0 radical (unpaired) electrons. The predicted octanol–water partition coefficient (Wildman–Crippen LogP) is 1.44. The third kappa shape index (κ3) is 2.20. The number of hydrogen-bond donors (Lipinski definition) is 1. The maximum Gasteiger partial charge on any atom is 0.322 e. The van der Waals surface area contributed by atoms with Crippen LogP contribution in [0.25, 0.3) is 10.8 Å². The fourth-order valence-electron chi connectivity index (χ4n) is 2.69. The number of carboxylic acids is 1. The van der Waals surface area contributed by atoms with E-state index in [-0.39, 0.29) is 0 Å². The quantitative estimate of drug-likeness (QED) is 0.895. The van der Waals surface area contributed by atoms with E-state index in [4.69, 9.17) is 0 Å². The number of hydrogen-bond acceptors (Lipinski definition) is 4. The summed E-state index contributed by atoms with van der Waals surface area (Å²) < 4.78 is 0. The van der Waals surface area contributed by atoms with Crippen molar-refractivity contribution in [3.05, 3.63) is 36.5 Å². The largest absolute Gasteiger partial charge is 0.480 e. The minimum Gasteiger partial charge on any atom is -0.480 e. The molecule has 1 aromatic heterocycles. The maximum atomic E-state index is 11.3. The minimum absolute atomic E-state index is 0.465. The van der Waals surface area contributed by atoms with Crippen molar-refractivity contribution in [2.45, 2.75) is 6.04 Å². The van der Waals surface area contributed by atoms with Crippen molar-refractivity contribution in [2.75, 3.05) is 31.6 Å². The van der Waals surface area contributed by atoms with Gasteiger partial charge in [-0.15, -0.1) is 0 Å². The van der Waals surface area contributed by atoms with Crippen molar-refractivity contribution < 1.29 is 9.90 Å². The summed E-state index contributed by atoms with van der Waals surface area (Å²) in [6.07, 6.45) is 1.78. The van der Waals surface area contributed by atoms with Crippen LogP contribution in [0, 0.1) is 0 Å². The second-order valence-corrected chi connectivity index (χ2v) is 5.14. The molecule has 5 heteroatoms. The van der Waals surface area contributed by atoms with Gasteiger partial charge in [-0.25, -0.2) is 4.98 Å². The number of piperazine rings is 1. The molecular formula is C15H17N3O2. The van der Waals surface area contributed by atoms with Crippen LogP contribution in [0.15, 0.2) is 36.5 Å². The molecule has 1 aliphatic heterocycles. The average molecular weight is 271 g/mol. The number of pyridine rings is 1. The summed E-state index contributed by atoms with van der Waals surface area (Å²) in [5, 5.41) is 11.5. The van der Waals surface area contributed by atoms with Gasteiger partial charge in [-0.2, -0.15) is 0 Å². The standard InChI is InChI=1S/C15H17N3O2/c1-17-8-9-18(10-13(17)15(19)20)14-12-5-3-2-4-11(12)6-7-16-14/h2-7,13H,8-10H2,1H3,(H,19,20)/t13-/m0/s1. The molecule has 1 fully saturated rings. The van der Waals surface area contributed by atoms with Crippen LogP contribution < -0.4 is 4.90 Å². The molecule has 2 heterocycles. The van der Waals surface area contributed by atoms with Gasteiger partial charge < -0.3 is 10.0 Å². The van der Waals surface area contributed by atoms with E-state index in [0.29, 0.717) is 6.54 Å². The molecule has 20 heavy (non-hydrogen) atoms. The van der Waals surface area contributed by atoms with Crippen LogP contribution in [0.1, 0.15) is 0 Å². The fraction of sp³-hybridized carbons (Fsp3) is 0.333. The van der Waals surface area contributed by atoms with Gasteiger partial charge in [0.25, 0.3) is 0 Å². The molecule has 1 N–H and O–H groups in total. The predicted molar refractivity (Wildman–Crippen MR) is 78.0 cm³/mol. The fourth-order valence-corrected chi connectivity index (χ4v) is 2.69. The Hall–Kier alpha value is -2.14. The molecule has 2 aromatic rings. The zero-order chi connectivity index (χ0) is 14.1. The van der Waals surface area contributed by atoms with Gasteiger partial charge in [0.1, 0.15) is 11.9 Å². The molecule has 0 saturated carbocycles. The van der Waals surface area contributed by atoms with Gasteiger partial charge in [-0.1, -0.05) is 24.3 Å². The van der Waals surface area contributed by atoms with Crippen LogP contribution in [-0.2, 0) is 4.79 Å². The van der Waals surface area contributed by atoms with Crippen LogP contribution in [0.5, 0.6) is 0 Å². The van der Waals surface area contributed by atoms with E-state index in [1.165, 1.54) is 0 Å². The maximum absolute atomic E-state index is 11.3. The minimum atomic E-state index is -0.780. The van der Waals surface area contributed by atoms with Crippen LogP contribution >= 0.6 is 0 Å². The molecule has 1 saturated heterocycles. The zero-order valence-electron chi connectivity index (χ0n) is 11.4. The van der Waals surface area contributed by atoms with Gasteiger partial charge in [-0.3, -0.25) is 9.69 Å². The monoisotopic (exact) mass is 271 g/mol. The number of rotatable bonds is 2. The normalized spacial score (nSPS) is 20.2. The van der Waals surface area contributed by atoms with E-state index in [1.807, 2.05) is 42.3 Å². The molecule has 5 nitrogen and oxygen atoms in total. The number of aliphatic carboxylic acids is 1. The molecule has 3 rings (SSSR count). The van der Waals surface area contributed by atoms with Gasteiger partial charge >= 0.3 is 5.97 Å². The molecule has 0 amide bonds. The first-order valence-electron chi connectivity index (χ1n) is 6.68. The first kappa shape index (κ1) is 12.9. The number of likely N-dealkylation sites (N-methyl/N-ethyl adjacent to an activating group) is 1. The Morgan fingerprint density at radius 1 is 1.30 bits per heavy atom. The van der Waals surface area contributed by atoms with Gasteiger partial charge in [-0.05, 0) is 18.5 Å². The van der Waals surface area contributed by atoms with Crippen molar-refractivity contribution in [3.63, 3.8) is 0 Å². The van der Waals surface area contributed by atoms with Crippen molar-refractivity contribution in [2.24, 2.45) is 0 Å². The highest BCUT2D eigenvalue weighted by Crippen LogP contribution is 2.25. The first-order valence-corrected chi connectivity index (χ1v) is 6.68. The van der Waals surface area contributed by atoms with Crippen molar-refractivity contribution in [3.8, 4) is 0 Å². The van der Waals surface area contributed by atoms with Crippen LogP contribution in [-0.4, -0.2) is 53.7 Å². The Bertz CT molecular complexity index is 639. The zero-order valence-corrected chi connectivity index (χ0v) is 11.4. The number of aromatic nitrogens is 1. The number of fused-ring (bicyclic) bond motifs is 1. The summed E-state index contributed by atoms with van der Waals surface area (Å²) in [4.78, 5) is 19.7. The highest BCUT2D eigenvalue weighted by molar-refractivity contribution is 5.92. The number of anilines is 1. The smallest absolute Gasteiger partial charge is 0.322 e. The first-order chi connectivity index (χ1) is 9.66. The van der Waals surface area contributed by atoms with Gasteiger partial charge in [0, 0.05) is 31.2 Å². The number of carboxylic acid groups (broad SMARTS) is 1. The molecular weight excluding hydrogens is 254 g/mol. The van der Waals surface area contributed by atoms with Crippen molar-refractivity contribution in [1.82, 2.24) is 9.88 Å². The summed E-state index contributed by atoms with van der Waals surface area (Å²) >= 11 is 0. The van der Waals surface area contributed by atoms with Gasteiger partial charge in [0.15, 0.2) is 0 Å². The molecule has 1 atom stereocenters. The Balaban J connectivity index is 1.97. The lowest BCUT2D eigenvalue weighted by Gasteiger charge is -2.38. The Labute approximate surface area is 117 Å². The third-order valence-corrected chi connectivity index (χ3v) is 3.89. The van der Waals surface area contributed by atoms with Gasteiger partial charge in [0.05, 0.1) is 0 Å². The Kier molecular flexibility index (Phi) is 3.28. The lowest BCUT2D eigenvalue weighted by atomic mass is 10.1. The van der Waals surface area contributed by atoms with E-state index in [0.717, 1.165) is 29.7 Å². The van der Waals surface area contributed by atoms with E-state index < -0.39 is 12.0 Å². The molecule has 1 aliphatic rings. The molecule has 0 unspecified atom stereocenters. The van der Waals surface area contributed by atoms with E-state index in [9.17, 15) is 9.90 Å².